The van der Waals surface area contributed by atoms with Crippen molar-refractivity contribution >= 4 is 5.95 Å². The molecule has 0 saturated carbocycles. The molecule has 3 heterocycles. The van der Waals surface area contributed by atoms with Gasteiger partial charge in [-0.15, -0.1) is 0 Å². The summed E-state index contributed by atoms with van der Waals surface area (Å²) in [4.78, 5) is 10.7. The van der Waals surface area contributed by atoms with E-state index in [1.807, 2.05) is 13.0 Å². The van der Waals surface area contributed by atoms with Crippen molar-refractivity contribution in [2.75, 3.05) is 18.0 Å². The van der Waals surface area contributed by atoms with Crippen molar-refractivity contribution in [3.8, 4) is 11.3 Å². The van der Waals surface area contributed by atoms with Crippen molar-refractivity contribution in [1.82, 2.24) is 15.3 Å². The van der Waals surface area contributed by atoms with E-state index in [2.05, 4.69) is 22.4 Å². The van der Waals surface area contributed by atoms with Crippen LogP contribution in [-0.2, 0) is 25.3 Å². The number of alkyl halides is 2. The van der Waals surface area contributed by atoms with Gasteiger partial charge in [-0.3, -0.25) is 0 Å². The fraction of sp³-hybridized carbons (Fsp3) is 0.500. The molecule has 27 heavy (non-hydrogen) atoms. The summed E-state index contributed by atoms with van der Waals surface area (Å²) < 4.78 is 29.0. The first-order chi connectivity index (χ1) is 12.9. The number of rotatable bonds is 2. The molecular weight excluding hydrogens is 350 g/mol. The molecule has 3 aliphatic rings. The number of hydrogen-bond donors (Lipinski definition) is 2. The van der Waals surface area contributed by atoms with Crippen LogP contribution in [0.25, 0.3) is 11.3 Å². The lowest BCUT2D eigenvalue weighted by molar-refractivity contribution is -0.00603. The van der Waals surface area contributed by atoms with Crippen molar-refractivity contribution in [2.24, 2.45) is 0 Å². The van der Waals surface area contributed by atoms with Crippen LogP contribution in [0, 0.1) is 0 Å². The topological polar surface area (TPSA) is 61.3 Å². The number of anilines is 1. The maximum atomic E-state index is 14.5. The second-order valence-corrected chi connectivity index (χ2v) is 7.77. The Hall–Kier alpha value is -2.12. The molecule has 1 saturated heterocycles. The molecule has 2 aromatic rings. The maximum Gasteiger partial charge on any atom is 0.290 e. The number of benzene rings is 1. The minimum atomic E-state index is -2.92. The van der Waals surface area contributed by atoms with Gasteiger partial charge in [-0.05, 0) is 43.5 Å². The molecule has 1 aromatic heterocycles. The number of hydrogen-bond acceptors (Lipinski definition) is 5. The Balaban J connectivity index is 1.64. The highest BCUT2D eigenvalue weighted by atomic mass is 19.3. The Kier molecular flexibility index (Phi) is 3.74. The van der Waals surface area contributed by atoms with E-state index < -0.39 is 12.0 Å². The summed E-state index contributed by atoms with van der Waals surface area (Å²) in [5.41, 5.74) is 4.41. The third kappa shape index (κ3) is 2.63. The summed E-state index contributed by atoms with van der Waals surface area (Å²) in [5.74, 6) is -2.63. The van der Waals surface area contributed by atoms with Crippen molar-refractivity contribution < 1.29 is 13.9 Å². The number of fused-ring (bicyclic) bond motifs is 2. The number of aromatic nitrogens is 2. The molecule has 5 rings (SSSR count). The number of aliphatic hydroxyl groups excluding tert-OH is 1. The molecule has 1 fully saturated rings. The van der Waals surface area contributed by atoms with Crippen LogP contribution in [0.3, 0.4) is 0 Å². The van der Waals surface area contributed by atoms with Crippen LogP contribution < -0.4 is 10.2 Å². The van der Waals surface area contributed by atoms with Crippen molar-refractivity contribution in [1.29, 1.82) is 0 Å². The molecule has 0 bridgehead atoms. The second kappa shape index (κ2) is 5.94. The van der Waals surface area contributed by atoms with Gasteiger partial charge < -0.3 is 15.3 Å². The number of nitrogens with one attached hydrogen (secondary N) is 1. The number of β-amino-alcohol motifs (C(OH)–C–C–N with tert-alkyl or cyclic N) is 1. The summed E-state index contributed by atoms with van der Waals surface area (Å²) in [6.45, 7) is 3.99. The van der Waals surface area contributed by atoms with Gasteiger partial charge in [0.15, 0.2) is 0 Å². The zero-order valence-corrected chi connectivity index (χ0v) is 15.2. The van der Waals surface area contributed by atoms with Crippen molar-refractivity contribution in [3.05, 3.63) is 40.6 Å². The molecule has 142 valence electrons. The molecule has 0 radical (unpaired) electrons. The predicted octanol–water partition coefficient (Wildman–Crippen LogP) is 2.40. The lowest BCUT2D eigenvalue weighted by atomic mass is 9.95. The van der Waals surface area contributed by atoms with Crippen LogP contribution in [0.15, 0.2) is 18.2 Å². The van der Waals surface area contributed by atoms with E-state index >= 15 is 0 Å². The predicted molar refractivity (Wildman–Crippen MR) is 97.9 cm³/mol. The normalized spacial score (nSPS) is 25.7. The third-order valence-corrected chi connectivity index (χ3v) is 6.09. The first kappa shape index (κ1) is 17.0. The fourth-order valence-corrected chi connectivity index (χ4v) is 4.26. The molecule has 2 N–H and O–H groups in total. The summed E-state index contributed by atoms with van der Waals surface area (Å²) in [6.07, 6.45) is 0.520. The van der Waals surface area contributed by atoms with Gasteiger partial charge in [-0.1, -0.05) is 12.1 Å². The van der Waals surface area contributed by atoms with Gasteiger partial charge >= 0.3 is 0 Å². The molecule has 5 nitrogen and oxygen atoms in total. The first-order valence-electron chi connectivity index (χ1n) is 9.51. The van der Waals surface area contributed by atoms with Gasteiger partial charge in [0.1, 0.15) is 5.69 Å². The standard InChI is InChI=1S/C20H22F2N4O/c1-11-16(27)10-26(11)19-24-17(15-4-6-20(21,22)18(15)25-19)13-2-3-14-9-23-7-5-12(14)8-13/h2-3,8,11,16,23,27H,4-7,9-10H2,1H3/t11-,16+/m0/s1. The Morgan fingerprint density at radius 3 is 2.85 bits per heavy atom. The quantitative estimate of drug-likeness (QED) is 0.848. The zero-order valence-electron chi connectivity index (χ0n) is 15.2. The number of halogens is 2. The second-order valence-electron chi connectivity index (χ2n) is 7.77. The van der Waals surface area contributed by atoms with Gasteiger partial charge in [0.25, 0.3) is 5.92 Å². The van der Waals surface area contributed by atoms with E-state index in [-0.39, 0.29) is 24.6 Å². The van der Waals surface area contributed by atoms with Crippen LogP contribution in [0.5, 0.6) is 0 Å². The minimum Gasteiger partial charge on any atom is -0.389 e. The van der Waals surface area contributed by atoms with E-state index in [1.54, 1.807) is 4.90 Å². The van der Waals surface area contributed by atoms with Gasteiger partial charge in [0.05, 0.1) is 17.8 Å². The van der Waals surface area contributed by atoms with E-state index in [4.69, 9.17) is 4.98 Å². The summed E-state index contributed by atoms with van der Waals surface area (Å²) in [6, 6.07) is 5.96. The highest BCUT2D eigenvalue weighted by Gasteiger charge is 2.45. The first-order valence-corrected chi connectivity index (χ1v) is 9.51. The lowest BCUT2D eigenvalue weighted by Gasteiger charge is -2.43. The monoisotopic (exact) mass is 372 g/mol. The highest BCUT2D eigenvalue weighted by Crippen LogP contribution is 2.45. The molecule has 2 aliphatic heterocycles. The molecule has 2 atom stereocenters. The number of nitrogens with zero attached hydrogens (tertiary/aromatic N) is 3. The van der Waals surface area contributed by atoms with Crippen molar-refractivity contribution in [3.63, 3.8) is 0 Å². The molecule has 0 spiro atoms. The van der Waals surface area contributed by atoms with Crippen molar-refractivity contribution in [2.45, 2.75) is 50.8 Å². The Morgan fingerprint density at radius 2 is 2.07 bits per heavy atom. The summed E-state index contributed by atoms with van der Waals surface area (Å²) >= 11 is 0. The fourth-order valence-electron chi connectivity index (χ4n) is 4.26. The molecule has 1 aromatic carbocycles. The van der Waals surface area contributed by atoms with E-state index in [0.717, 1.165) is 25.1 Å². The van der Waals surface area contributed by atoms with Gasteiger partial charge in [0, 0.05) is 30.6 Å². The maximum absolute atomic E-state index is 14.5. The third-order valence-electron chi connectivity index (χ3n) is 6.09. The highest BCUT2D eigenvalue weighted by molar-refractivity contribution is 5.68. The lowest BCUT2D eigenvalue weighted by Crippen LogP contribution is -2.59. The molecule has 7 heteroatoms. The van der Waals surface area contributed by atoms with Gasteiger partial charge in [-0.2, -0.15) is 8.78 Å². The van der Waals surface area contributed by atoms with Gasteiger partial charge in [0.2, 0.25) is 5.95 Å². The van der Waals surface area contributed by atoms with Crippen LogP contribution in [0.2, 0.25) is 0 Å². The van der Waals surface area contributed by atoms with E-state index in [9.17, 15) is 13.9 Å². The smallest absolute Gasteiger partial charge is 0.290 e. The minimum absolute atomic E-state index is 0.143. The largest absolute Gasteiger partial charge is 0.389 e. The van der Waals surface area contributed by atoms with Crippen LogP contribution in [0.4, 0.5) is 14.7 Å². The average Bonchev–Trinajstić information content (AvgIpc) is 2.99. The summed E-state index contributed by atoms with van der Waals surface area (Å²) in [5, 5.41) is 13.2. The Morgan fingerprint density at radius 1 is 1.22 bits per heavy atom. The number of aliphatic hydroxyl groups is 1. The average molecular weight is 372 g/mol. The Bertz CT molecular complexity index is 917. The van der Waals surface area contributed by atoms with Crippen LogP contribution >= 0.6 is 0 Å². The van der Waals surface area contributed by atoms with Crippen LogP contribution in [0.1, 0.15) is 35.7 Å². The van der Waals surface area contributed by atoms with E-state index in [0.29, 0.717) is 23.8 Å². The molecular formula is C20H22F2N4O. The summed E-state index contributed by atoms with van der Waals surface area (Å²) in [7, 11) is 0. The van der Waals surface area contributed by atoms with E-state index in [1.165, 1.54) is 11.1 Å². The van der Waals surface area contributed by atoms with Gasteiger partial charge in [-0.25, -0.2) is 9.97 Å². The molecule has 0 amide bonds. The molecule has 0 unspecified atom stereocenters. The zero-order chi connectivity index (χ0) is 18.8. The SMILES string of the molecule is C[C@H]1[C@H](O)CN1c1nc(-c2ccc3c(c2)CCNC3)c2c(n1)C(F)(F)CC2. The van der Waals surface area contributed by atoms with Crippen LogP contribution in [-0.4, -0.2) is 40.3 Å². The molecule has 1 aliphatic carbocycles. The Labute approximate surface area is 156 Å².